The lowest BCUT2D eigenvalue weighted by Gasteiger charge is -2.41. The maximum absolute atomic E-state index is 14.6. The van der Waals surface area contributed by atoms with Crippen LogP contribution in [0, 0.1) is 11.6 Å². The van der Waals surface area contributed by atoms with Crippen LogP contribution in [0.1, 0.15) is 30.4 Å². The molecule has 0 N–H and O–H groups in total. The van der Waals surface area contributed by atoms with Crippen LogP contribution in [-0.4, -0.2) is 42.2 Å². The van der Waals surface area contributed by atoms with E-state index in [0.717, 1.165) is 48.5 Å². The first-order valence-corrected chi connectivity index (χ1v) is 10.8. The minimum absolute atomic E-state index is 0.173. The average molecular weight is 430 g/mol. The predicted octanol–water partition coefficient (Wildman–Crippen LogP) is 5.17. The van der Waals surface area contributed by atoms with Crippen LogP contribution in [0.25, 0.3) is 0 Å². The molecule has 1 atom stereocenters. The molecule has 2 aromatic carbocycles. The van der Waals surface area contributed by atoms with Gasteiger partial charge in [0.25, 0.3) is 0 Å². The van der Waals surface area contributed by atoms with E-state index in [1.807, 2.05) is 43.4 Å². The van der Waals surface area contributed by atoms with Crippen molar-refractivity contribution >= 4 is 16.8 Å². The fraction of sp³-hybridized carbons (Fsp3) is 0.348. The van der Waals surface area contributed by atoms with Crippen LogP contribution in [0.2, 0.25) is 0 Å². The SMILES string of the molecule is C=C(CCCN(C)C)N1N=C(c2cc(F)ccc2F)SC12CCOc1ccccc12. The summed E-state index contributed by atoms with van der Waals surface area (Å²) in [6.45, 7) is 5.75. The summed E-state index contributed by atoms with van der Waals surface area (Å²) in [5.74, 6) is -0.184. The molecule has 2 aliphatic rings. The van der Waals surface area contributed by atoms with Gasteiger partial charge >= 0.3 is 0 Å². The van der Waals surface area contributed by atoms with E-state index < -0.39 is 16.5 Å². The van der Waals surface area contributed by atoms with Crippen LogP contribution < -0.4 is 4.74 Å². The predicted molar refractivity (Wildman–Crippen MR) is 117 cm³/mol. The number of thioether (sulfide) groups is 1. The number of hydrazone groups is 1. The number of benzene rings is 2. The molecule has 158 valence electrons. The second-order valence-corrected chi connectivity index (χ2v) is 9.06. The summed E-state index contributed by atoms with van der Waals surface area (Å²) in [6.07, 6.45) is 2.34. The lowest BCUT2D eigenvalue weighted by atomic mass is 9.98. The van der Waals surface area contributed by atoms with Crippen molar-refractivity contribution in [2.45, 2.75) is 24.1 Å². The normalized spacial score (nSPS) is 20.3. The van der Waals surface area contributed by atoms with E-state index in [2.05, 4.69) is 11.5 Å². The molecular weight excluding hydrogens is 404 g/mol. The van der Waals surface area contributed by atoms with Crippen molar-refractivity contribution in [2.24, 2.45) is 5.10 Å². The number of rotatable bonds is 6. The van der Waals surface area contributed by atoms with Gasteiger partial charge < -0.3 is 9.64 Å². The topological polar surface area (TPSA) is 28.1 Å². The van der Waals surface area contributed by atoms with Crippen LogP contribution in [0.5, 0.6) is 5.75 Å². The molecule has 0 bridgehead atoms. The highest BCUT2D eigenvalue weighted by atomic mass is 32.2. The summed E-state index contributed by atoms with van der Waals surface area (Å²) in [5.41, 5.74) is 2.00. The average Bonchev–Trinajstić information content (AvgIpc) is 3.09. The van der Waals surface area contributed by atoms with Crippen LogP contribution in [0.4, 0.5) is 8.78 Å². The van der Waals surface area contributed by atoms with E-state index in [-0.39, 0.29) is 5.56 Å². The van der Waals surface area contributed by atoms with Gasteiger partial charge in [0, 0.05) is 23.2 Å². The van der Waals surface area contributed by atoms with Gasteiger partial charge in [-0.3, -0.25) is 0 Å². The fourth-order valence-corrected chi connectivity index (χ4v) is 5.30. The largest absolute Gasteiger partial charge is 0.493 e. The van der Waals surface area contributed by atoms with Crippen LogP contribution >= 0.6 is 11.8 Å². The molecule has 0 saturated carbocycles. The number of ether oxygens (including phenoxy) is 1. The Morgan fingerprint density at radius 2 is 2.07 bits per heavy atom. The number of allylic oxidation sites excluding steroid dienone is 1. The van der Waals surface area contributed by atoms with Gasteiger partial charge in [0.15, 0.2) is 0 Å². The molecule has 2 heterocycles. The quantitative estimate of drug-likeness (QED) is 0.634. The van der Waals surface area contributed by atoms with E-state index in [1.54, 1.807) is 0 Å². The van der Waals surface area contributed by atoms with Gasteiger partial charge in [-0.15, -0.1) is 0 Å². The molecular formula is C23H25F2N3OS. The van der Waals surface area contributed by atoms with Crippen LogP contribution in [-0.2, 0) is 4.87 Å². The van der Waals surface area contributed by atoms with Crippen molar-refractivity contribution in [3.05, 3.63) is 77.5 Å². The Morgan fingerprint density at radius 3 is 2.87 bits per heavy atom. The molecule has 0 radical (unpaired) electrons. The smallest absolute Gasteiger partial charge is 0.146 e. The van der Waals surface area contributed by atoms with Crippen molar-refractivity contribution in [3.8, 4) is 5.75 Å². The highest BCUT2D eigenvalue weighted by molar-refractivity contribution is 8.15. The molecule has 30 heavy (non-hydrogen) atoms. The van der Waals surface area contributed by atoms with Crippen molar-refractivity contribution in [1.82, 2.24) is 9.91 Å². The molecule has 4 nitrogen and oxygen atoms in total. The molecule has 2 aliphatic heterocycles. The maximum Gasteiger partial charge on any atom is 0.146 e. The van der Waals surface area contributed by atoms with E-state index in [9.17, 15) is 8.78 Å². The molecule has 0 aromatic heterocycles. The third kappa shape index (κ3) is 3.84. The highest BCUT2D eigenvalue weighted by Crippen LogP contribution is 2.55. The molecule has 2 aromatic rings. The van der Waals surface area contributed by atoms with E-state index in [1.165, 1.54) is 17.8 Å². The molecule has 1 spiro atoms. The second kappa shape index (κ2) is 8.40. The van der Waals surface area contributed by atoms with Crippen molar-refractivity contribution in [1.29, 1.82) is 0 Å². The molecule has 7 heteroatoms. The molecule has 0 saturated heterocycles. The van der Waals surface area contributed by atoms with Crippen LogP contribution in [0.3, 0.4) is 0 Å². The monoisotopic (exact) mass is 429 g/mol. The first-order chi connectivity index (χ1) is 14.4. The first kappa shape index (κ1) is 20.9. The zero-order valence-corrected chi connectivity index (χ0v) is 18.0. The van der Waals surface area contributed by atoms with Crippen molar-refractivity contribution < 1.29 is 13.5 Å². The minimum Gasteiger partial charge on any atom is -0.493 e. The fourth-order valence-electron chi connectivity index (χ4n) is 3.87. The number of fused-ring (bicyclic) bond motifs is 2. The Morgan fingerprint density at radius 1 is 1.27 bits per heavy atom. The Labute approximate surface area is 180 Å². The Balaban J connectivity index is 1.74. The zero-order chi connectivity index (χ0) is 21.3. The third-order valence-corrected chi connectivity index (χ3v) is 6.76. The molecule has 0 aliphatic carbocycles. The summed E-state index contributed by atoms with van der Waals surface area (Å²) >= 11 is 1.45. The zero-order valence-electron chi connectivity index (χ0n) is 17.2. The van der Waals surface area contributed by atoms with Crippen LogP contribution in [0.15, 0.2) is 59.8 Å². The summed E-state index contributed by atoms with van der Waals surface area (Å²) in [7, 11) is 4.07. The Bertz CT molecular complexity index is 994. The van der Waals surface area contributed by atoms with E-state index in [0.29, 0.717) is 18.1 Å². The number of hydrogen-bond acceptors (Lipinski definition) is 5. The summed E-state index contributed by atoms with van der Waals surface area (Å²) in [5, 5.41) is 7.14. The van der Waals surface area contributed by atoms with Gasteiger partial charge in [0.2, 0.25) is 0 Å². The number of hydrogen-bond donors (Lipinski definition) is 0. The standard InChI is InChI=1S/C23H25F2N3OS/c1-16(7-6-13-27(2)3)28-23(12-14-29-21-9-5-4-8-19(21)23)30-22(26-28)18-15-17(24)10-11-20(18)25/h4-5,8-11,15H,1,6-7,12-14H2,2-3H3. The molecule has 4 rings (SSSR count). The highest BCUT2D eigenvalue weighted by Gasteiger charge is 2.50. The molecule has 0 fully saturated rings. The summed E-state index contributed by atoms with van der Waals surface area (Å²) in [4.78, 5) is 1.54. The lowest BCUT2D eigenvalue weighted by molar-refractivity contribution is 0.151. The summed E-state index contributed by atoms with van der Waals surface area (Å²) in [6, 6.07) is 11.3. The number of para-hydroxylation sites is 1. The lowest BCUT2D eigenvalue weighted by Crippen LogP contribution is -2.41. The molecule has 0 amide bonds. The van der Waals surface area contributed by atoms with Gasteiger partial charge in [-0.25, -0.2) is 13.8 Å². The second-order valence-electron chi connectivity index (χ2n) is 7.80. The van der Waals surface area contributed by atoms with Gasteiger partial charge in [-0.05, 0) is 57.7 Å². The van der Waals surface area contributed by atoms with Gasteiger partial charge in [-0.2, -0.15) is 5.10 Å². The molecule has 1 unspecified atom stereocenters. The van der Waals surface area contributed by atoms with Gasteiger partial charge in [0.05, 0.1) is 6.61 Å². The number of halogens is 2. The van der Waals surface area contributed by atoms with Crippen molar-refractivity contribution in [3.63, 3.8) is 0 Å². The van der Waals surface area contributed by atoms with Crippen molar-refractivity contribution in [2.75, 3.05) is 27.2 Å². The number of nitrogens with zero attached hydrogens (tertiary/aromatic N) is 3. The van der Waals surface area contributed by atoms with Gasteiger partial charge in [0.1, 0.15) is 27.3 Å². The Kier molecular flexibility index (Phi) is 5.84. The minimum atomic E-state index is -0.585. The first-order valence-electron chi connectivity index (χ1n) is 9.99. The third-order valence-electron chi connectivity index (χ3n) is 5.33. The Hall–Kier alpha value is -2.38. The van der Waals surface area contributed by atoms with Gasteiger partial charge in [-0.1, -0.05) is 36.5 Å². The summed E-state index contributed by atoms with van der Waals surface area (Å²) < 4.78 is 34.3. The van der Waals surface area contributed by atoms with E-state index in [4.69, 9.17) is 9.84 Å². The van der Waals surface area contributed by atoms with E-state index >= 15 is 0 Å². The maximum atomic E-state index is 14.6.